The molecule has 0 heterocycles. The quantitative estimate of drug-likeness (QED) is 0.899. The molecule has 0 atom stereocenters. The molecule has 6 heteroatoms. The minimum absolute atomic E-state index is 0.256. The lowest BCUT2D eigenvalue weighted by molar-refractivity contribution is -0.274. The van der Waals surface area contributed by atoms with Crippen molar-refractivity contribution >= 4 is 11.6 Å². The molecule has 0 aliphatic rings. The molecule has 0 radical (unpaired) electrons. The molecule has 0 aliphatic carbocycles. The van der Waals surface area contributed by atoms with Crippen molar-refractivity contribution in [3.05, 3.63) is 60.2 Å². The second-order valence-electron chi connectivity index (χ2n) is 5.52. The fraction of sp³-hybridized carbons (Fsp3) is 0.235. The number of hydrogen-bond donors (Lipinski definition) is 1. The lowest BCUT2D eigenvalue weighted by atomic mass is 9.83. The van der Waals surface area contributed by atoms with E-state index >= 15 is 0 Å². The number of amides is 1. The Morgan fingerprint density at radius 3 is 2.04 bits per heavy atom. The first-order chi connectivity index (χ1) is 10.7. The van der Waals surface area contributed by atoms with E-state index < -0.39 is 11.8 Å². The minimum Gasteiger partial charge on any atom is -0.406 e. The van der Waals surface area contributed by atoms with E-state index in [4.69, 9.17) is 0 Å². The third-order valence-electron chi connectivity index (χ3n) is 3.41. The van der Waals surface area contributed by atoms with Crippen LogP contribution in [0.15, 0.2) is 54.6 Å². The van der Waals surface area contributed by atoms with Gasteiger partial charge in [-0.2, -0.15) is 0 Å². The fourth-order valence-electron chi connectivity index (χ4n) is 2.01. The number of anilines is 1. The van der Waals surface area contributed by atoms with E-state index in [0.29, 0.717) is 5.69 Å². The zero-order chi connectivity index (χ0) is 17.1. The summed E-state index contributed by atoms with van der Waals surface area (Å²) in [4.78, 5) is 12.4. The van der Waals surface area contributed by atoms with Gasteiger partial charge in [0.1, 0.15) is 5.75 Å². The van der Waals surface area contributed by atoms with Crippen molar-refractivity contribution in [1.29, 1.82) is 0 Å². The number of alkyl halides is 3. The molecule has 23 heavy (non-hydrogen) atoms. The molecule has 0 aromatic heterocycles. The van der Waals surface area contributed by atoms with Gasteiger partial charge in [0.25, 0.3) is 0 Å². The van der Waals surface area contributed by atoms with Gasteiger partial charge >= 0.3 is 6.36 Å². The molecule has 0 spiro atoms. The standard InChI is InChI=1S/C17H16F3NO2/c1-16(2,12-6-4-3-5-7-12)15(22)21-13-8-10-14(11-9-13)23-17(18,19)20/h3-11H,1-2H3,(H,21,22). The number of nitrogens with one attached hydrogen (secondary N) is 1. The largest absolute Gasteiger partial charge is 0.573 e. The molecule has 2 rings (SSSR count). The van der Waals surface area contributed by atoms with Crippen LogP contribution in [-0.4, -0.2) is 12.3 Å². The summed E-state index contributed by atoms with van der Waals surface area (Å²) in [6, 6.07) is 14.3. The van der Waals surface area contributed by atoms with Crippen molar-refractivity contribution in [2.75, 3.05) is 5.32 Å². The minimum atomic E-state index is -4.74. The lowest BCUT2D eigenvalue weighted by Gasteiger charge is -2.24. The van der Waals surface area contributed by atoms with E-state index in [0.717, 1.165) is 17.7 Å². The van der Waals surface area contributed by atoms with E-state index in [2.05, 4.69) is 10.1 Å². The monoisotopic (exact) mass is 323 g/mol. The molecule has 0 aliphatic heterocycles. The van der Waals surface area contributed by atoms with Gasteiger partial charge in [-0.3, -0.25) is 4.79 Å². The molecule has 0 fully saturated rings. The second kappa shape index (κ2) is 6.32. The zero-order valence-corrected chi connectivity index (χ0v) is 12.6. The maximum absolute atomic E-state index is 12.4. The first-order valence-electron chi connectivity index (χ1n) is 6.91. The second-order valence-corrected chi connectivity index (χ2v) is 5.52. The van der Waals surface area contributed by atoms with Crippen LogP contribution >= 0.6 is 0 Å². The first kappa shape index (κ1) is 16.9. The highest BCUT2D eigenvalue weighted by Crippen LogP contribution is 2.27. The molecule has 0 unspecified atom stereocenters. The highest BCUT2D eigenvalue weighted by atomic mass is 19.4. The van der Waals surface area contributed by atoms with Crippen molar-refractivity contribution in [3.63, 3.8) is 0 Å². The number of halogens is 3. The van der Waals surface area contributed by atoms with Crippen molar-refractivity contribution in [2.45, 2.75) is 25.6 Å². The molecule has 0 saturated heterocycles. The van der Waals surface area contributed by atoms with Crippen LogP contribution in [0.1, 0.15) is 19.4 Å². The van der Waals surface area contributed by atoms with E-state index in [1.54, 1.807) is 13.8 Å². The van der Waals surface area contributed by atoms with Crippen LogP contribution in [0.5, 0.6) is 5.75 Å². The van der Waals surface area contributed by atoms with E-state index in [-0.39, 0.29) is 11.7 Å². The van der Waals surface area contributed by atoms with Crippen LogP contribution in [0.25, 0.3) is 0 Å². The molecule has 2 aromatic carbocycles. The van der Waals surface area contributed by atoms with Gasteiger partial charge in [-0.25, -0.2) is 0 Å². The molecule has 0 bridgehead atoms. The summed E-state index contributed by atoms with van der Waals surface area (Å²) in [5.41, 5.74) is 0.464. The number of hydrogen-bond acceptors (Lipinski definition) is 2. The van der Waals surface area contributed by atoms with Gasteiger partial charge in [-0.1, -0.05) is 30.3 Å². The lowest BCUT2D eigenvalue weighted by Crippen LogP contribution is -2.34. The Bertz CT molecular complexity index is 664. The highest BCUT2D eigenvalue weighted by molar-refractivity contribution is 5.98. The molecule has 1 amide bonds. The predicted molar refractivity (Wildman–Crippen MR) is 81.2 cm³/mol. The maximum Gasteiger partial charge on any atom is 0.573 e. The van der Waals surface area contributed by atoms with Crippen LogP contribution in [0.2, 0.25) is 0 Å². The molecule has 3 nitrogen and oxygen atoms in total. The van der Waals surface area contributed by atoms with Gasteiger partial charge in [-0.15, -0.1) is 13.2 Å². The van der Waals surface area contributed by atoms with Crippen LogP contribution < -0.4 is 10.1 Å². The Kier molecular flexibility index (Phi) is 4.63. The third-order valence-corrected chi connectivity index (χ3v) is 3.41. The Balaban J connectivity index is 2.08. The third kappa shape index (κ3) is 4.48. The predicted octanol–water partition coefficient (Wildman–Crippen LogP) is 4.50. The summed E-state index contributed by atoms with van der Waals surface area (Å²) in [5.74, 6) is -0.592. The normalized spacial score (nSPS) is 11.9. The van der Waals surface area contributed by atoms with Crippen LogP contribution in [0.4, 0.5) is 18.9 Å². The maximum atomic E-state index is 12.4. The molecule has 1 N–H and O–H groups in total. The van der Waals surface area contributed by atoms with Gasteiger partial charge < -0.3 is 10.1 Å². The molecular formula is C17H16F3NO2. The molecular weight excluding hydrogens is 307 g/mol. The smallest absolute Gasteiger partial charge is 0.406 e. The Labute approximate surface area is 132 Å². The van der Waals surface area contributed by atoms with Crippen molar-refractivity contribution < 1.29 is 22.7 Å². The number of rotatable bonds is 4. The summed E-state index contributed by atoms with van der Waals surface area (Å²) in [6.07, 6.45) is -4.74. The van der Waals surface area contributed by atoms with Gasteiger partial charge in [0.15, 0.2) is 0 Å². The average molecular weight is 323 g/mol. The summed E-state index contributed by atoms with van der Waals surface area (Å²) in [5, 5.41) is 2.69. The first-order valence-corrected chi connectivity index (χ1v) is 6.91. The van der Waals surface area contributed by atoms with Crippen LogP contribution in [0, 0.1) is 0 Å². The highest BCUT2D eigenvalue weighted by Gasteiger charge is 2.31. The van der Waals surface area contributed by atoms with Crippen LogP contribution in [0.3, 0.4) is 0 Å². The summed E-state index contributed by atoms with van der Waals surface area (Å²) < 4.78 is 40.1. The fourth-order valence-corrected chi connectivity index (χ4v) is 2.01. The summed E-state index contributed by atoms with van der Waals surface area (Å²) in [6.45, 7) is 3.55. The van der Waals surface area contributed by atoms with E-state index in [9.17, 15) is 18.0 Å². The number of carbonyl (C=O) groups excluding carboxylic acids is 1. The number of benzene rings is 2. The zero-order valence-electron chi connectivity index (χ0n) is 12.6. The average Bonchev–Trinajstić information content (AvgIpc) is 2.48. The molecule has 2 aromatic rings. The van der Waals surface area contributed by atoms with E-state index in [1.165, 1.54) is 12.1 Å². The Morgan fingerprint density at radius 1 is 0.957 bits per heavy atom. The van der Waals surface area contributed by atoms with E-state index in [1.807, 2.05) is 30.3 Å². The molecule has 0 saturated carbocycles. The number of carbonyl (C=O) groups is 1. The molecule has 122 valence electrons. The number of ether oxygens (including phenoxy) is 1. The summed E-state index contributed by atoms with van der Waals surface area (Å²) >= 11 is 0. The van der Waals surface area contributed by atoms with Crippen molar-refractivity contribution in [1.82, 2.24) is 0 Å². The SMILES string of the molecule is CC(C)(C(=O)Nc1ccc(OC(F)(F)F)cc1)c1ccccc1. The Morgan fingerprint density at radius 2 is 1.52 bits per heavy atom. The van der Waals surface area contributed by atoms with Crippen molar-refractivity contribution in [3.8, 4) is 5.75 Å². The van der Waals surface area contributed by atoms with Crippen molar-refractivity contribution in [2.24, 2.45) is 0 Å². The Hall–Kier alpha value is -2.50. The summed E-state index contributed by atoms with van der Waals surface area (Å²) in [7, 11) is 0. The van der Waals surface area contributed by atoms with Crippen LogP contribution in [-0.2, 0) is 10.2 Å². The van der Waals surface area contributed by atoms with Gasteiger partial charge in [0.05, 0.1) is 5.41 Å². The van der Waals surface area contributed by atoms with Gasteiger partial charge in [0.2, 0.25) is 5.91 Å². The van der Waals surface area contributed by atoms with Gasteiger partial charge in [-0.05, 0) is 43.7 Å². The topological polar surface area (TPSA) is 38.3 Å². The van der Waals surface area contributed by atoms with Gasteiger partial charge in [0, 0.05) is 5.69 Å².